The predicted molar refractivity (Wildman–Crippen MR) is 20.6 cm³/mol. The molecule has 0 aliphatic rings. The average molecular weight is 162 g/mol. The molecule has 0 heterocycles. The van der Waals surface area contributed by atoms with E-state index >= 15 is 0 Å². The number of hydrogen-bond acceptors (Lipinski definition) is 1. The van der Waals surface area contributed by atoms with E-state index < -0.39 is 0 Å². The van der Waals surface area contributed by atoms with Gasteiger partial charge in [-0.1, -0.05) is 13.3 Å². The van der Waals surface area contributed by atoms with Crippen molar-refractivity contribution in [3.05, 3.63) is 0 Å². The quantitative estimate of drug-likeness (QED) is 0.551. The van der Waals surface area contributed by atoms with Gasteiger partial charge >= 0.3 is 0 Å². The van der Waals surface area contributed by atoms with Crippen LogP contribution in [-0.4, -0.2) is 6.29 Å². The molecular formula is C4H7OZr-. The first kappa shape index (κ1) is 9.75. The molecular weight excluding hydrogens is 155 g/mol. The molecule has 0 rings (SSSR count). The van der Waals surface area contributed by atoms with Crippen LogP contribution in [0, 0.1) is 0 Å². The first-order valence-electron chi connectivity index (χ1n) is 1.76. The van der Waals surface area contributed by atoms with Crippen LogP contribution in [-0.2, 0) is 31.0 Å². The summed E-state index contributed by atoms with van der Waals surface area (Å²) < 4.78 is 0. The third-order valence-electron chi connectivity index (χ3n) is 0.352. The van der Waals surface area contributed by atoms with Gasteiger partial charge in [-0.15, -0.1) is 0 Å². The summed E-state index contributed by atoms with van der Waals surface area (Å²) in [6, 6.07) is 0. The Bertz CT molecular complexity index is 28.7. The van der Waals surface area contributed by atoms with E-state index in [4.69, 9.17) is 0 Å². The van der Waals surface area contributed by atoms with Gasteiger partial charge in [0.1, 0.15) is 0 Å². The molecule has 0 saturated heterocycles. The smallest absolute Gasteiger partial charge is 0 e. The van der Waals surface area contributed by atoms with Crippen LogP contribution in [0.4, 0.5) is 0 Å². The van der Waals surface area contributed by atoms with Gasteiger partial charge in [0.25, 0.3) is 0 Å². The van der Waals surface area contributed by atoms with Crippen molar-refractivity contribution >= 4 is 6.29 Å². The average Bonchev–Trinajstić information content (AvgIpc) is 1.41. The molecule has 0 unspecified atom stereocenters. The van der Waals surface area contributed by atoms with Crippen LogP contribution in [0.3, 0.4) is 0 Å². The zero-order valence-corrected chi connectivity index (χ0v) is 6.28. The van der Waals surface area contributed by atoms with Crippen molar-refractivity contribution in [2.45, 2.75) is 19.8 Å². The normalized spacial score (nSPS) is 6.17. The Morgan fingerprint density at radius 2 is 2.17 bits per heavy atom. The second kappa shape index (κ2) is 9.12. The van der Waals surface area contributed by atoms with Crippen molar-refractivity contribution in [1.82, 2.24) is 0 Å². The Kier molecular flexibility index (Phi) is 14.8. The summed E-state index contributed by atoms with van der Waals surface area (Å²) in [6.07, 6.45) is 3.27. The molecule has 0 radical (unpaired) electrons. The van der Waals surface area contributed by atoms with Crippen LogP contribution < -0.4 is 0 Å². The van der Waals surface area contributed by atoms with Gasteiger partial charge in [-0.05, 0) is 0 Å². The largest absolute Gasteiger partial charge is 0.542 e. The van der Waals surface area contributed by atoms with Crippen LogP contribution in [0.2, 0.25) is 0 Å². The van der Waals surface area contributed by atoms with Gasteiger partial charge in [-0.2, -0.15) is 6.42 Å². The fraction of sp³-hybridized carbons (Fsp3) is 0.750. The summed E-state index contributed by atoms with van der Waals surface area (Å²) >= 11 is 0. The minimum atomic E-state index is 0. The molecule has 0 aromatic rings. The van der Waals surface area contributed by atoms with Crippen molar-refractivity contribution in [2.75, 3.05) is 0 Å². The van der Waals surface area contributed by atoms with Crippen LogP contribution >= 0.6 is 0 Å². The van der Waals surface area contributed by atoms with Gasteiger partial charge in [-0.3, -0.25) is 6.29 Å². The van der Waals surface area contributed by atoms with Crippen LogP contribution in [0.25, 0.3) is 0 Å². The van der Waals surface area contributed by atoms with Crippen LogP contribution in [0.5, 0.6) is 0 Å². The summed E-state index contributed by atoms with van der Waals surface area (Å²) in [4.78, 5) is 9.28. The topological polar surface area (TPSA) is 17.1 Å². The Balaban J connectivity index is 0. The molecule has 2 heteroatoms. The van der Waals surface area contributed by atoms with E-state index in [0.29, 0.717) is 6.42 Å². The maximum absolute atomic E-state index is 9.28. The Hall–Kier alpha value is 0.553. The van der Waals surface area contributed by atoms with Crippen LogP contribution in [0.15, 0.2) is 0 Å². The SMILES string of the molecule is CCC[C-]=O.[Zr]. The number of rotatable bonds is 2. The molecule has 1 nitrogen and oxygen atoms in total. The fourth-order valence-electron chi connectivity index (χ4n) is 0.102. The van der Waals surface area contributed by atoms with E-state index in [0.717, 1.165) is 6.42 Å². The number of carbonyl (C=O) groups excluding carboxylic acids is 1. The van der Waals surface area contributed by atoms with Gasteiger partial charge in [-0.25, -0.2) is 0 Å². The molecule has 0 amide bonds. The molecule has 0 aliphatic carbocycles. The van der Waals surface area contributed by atoms with Gasteiger partial charge < -0.3 is 4.79 Å². The monoisotopic (exact) mass is 161 g/mol. The van der Waals surface area contributed by atoms with Gasteiger partial charge in [0.2, 0.25) is 0 Å². The van der Waals surface area contributed by atoms with Crippen molar-refractivity contribution in [3.63, 3.8) is 0 Å². The van der Waals surface area contributed by atoms with E-state index in [2.05, 4.69) is 0 Å². The predicted octanol–water partition coefficient (Wildman–Crippen LogP) is 0.894. The Morgan fingerprint density at radius 1 is 1.67 bits per heavy atom. The summed E-state index contributed by atoms with van der Waals surface area (Å²) in [5, 5.41) is 0. The summed E-state index contributed by atoms with van der Waals surface area (Å²) in [5.41, 5.74) is 0. The van der Waals surface area contributed by atoms with Crippen LogP contribution in [0.1, 0.15) is 19.8 Å². The van der Waals surface area contributed by atoms with E-state index in [1.54, 1.807) is 6.29 Å². The molecule has 0 aromatic carbocycles. The third kappa shape index (κ3) is 8.82. The maximum atomic E-state index is 9.28. The molecule has 0 N–H and O–H groups in total. The molecule has 0 aliphatic heterocycles. The second-order valence-corrected chi connectivity index (χ2v) is 0.894. The molecule has 6 heavy (non-hydrogen) atoms. The molecule has 0 atom stereocenters. The fourth-order valence-corrected chi connectivity index (χ4v) is 0.102. The molecule has 0 bridgehead atoms. The Labute approximate surface area is 57.2 Å². The summed E-state index contributed by atoms with van der Waals surface area (Å²) in [5.74, 6) is 0. The molecule has 0 fully saturated rings. The summed E-state index contributed by atoms with van der Waals surface area (Å²) in [6.45, 7) is 1.95. The zero-order chi connectivity index (χ0) is 4.12. The molecule has 34 valence electrons. The number of unbranched alkanes of at least 4 members (excludes halogenated alkanes) is 1. The van der Waals surface area contributed by atoms with E-state index in [-0.39, 0.29) is 26.2 Å². The summed E-state index contributed by atoms with van der Waals surface area (Å²) in [7, 11) is 0. The van der Waals surface area contributed by atoms with Gasteiger partial charge in [0.05, 0.1) is 0 Å². The second-order valence-electron chi connectivity index (χ2n) is 0.894. The van der Waals surface area contributed by atoms with E-state index in [1.165, 1.54) is 0 Å². The van der Waals surface area contributed by atoms with E-state index in [1.807, 2.05) is 6.92 Å². The Morgan fingerprint density at radius 3 is 2.17 bits per heavy atom. The van der Waals surface area contributed by atoms with Crippen molar-refractivity contribution in [2.24, 2.45) is 0 Å². The van der Waals surface area contributed by atoms with Crippen molar-refractivity contribution in [1.29, 1.82) is 0 Å². The molecule has 0 aromatic heterocycles. The van der Waals surface area contributed by atoms with Gasteiger partial charge in [0.15, 0.2) is 0 Å². The minimum absolute atomic E-state index is 0. The molecule has 0 saturated carbocycles. The number of hydrogen-bond donors (Lipinski definition) is 0. The van der Waals surface area contributed by atoms with Crippen molar-refractivity contribution < 1.29 is 31.0 Å². The molecule has 0 spiro atoms. The first-order valence-corrected chi connectivity index (χ1v) is 1.76. The van der Waals surface area contributed by atoms with Gasteiger partial charge in [0, 0.05) is 26.2 Å². The minimum Gasteiger partial charge on any atom is -0.542 e. The maximum Gasteiger partial charge on any atom is 0 e. The zero-order valence-electron chi connectivity index (χ0n) is 3.82. The first-order chi connectivity index (χ1) is 2.41. The standard InChI is InChI=1S/C4H7O.Zr/c1-2-3-4-5;/h2-3H2,1H3;/q-1;. The third-order valence-corrected chi connectivity index (χ3v) is 0.352. The van der Waals surface area contributed by atoms with E-state index in [9.17, 15) is 4.79 Å². The van der Waals surface area contributed by atoms with Crippen molar-refractivity contribution in [3.8, 4) is 0 Å².